The Bertz CT molecular complexity index is 864. The van der Waals surface area contributed by atoms with Crippen molar-refractivity contribution < 1.29 is 4.39 Å². The maximum Gasteiger partial charge on any atom is 0.229 e. The highest BCUT2D eigenvalue weighted by atomic mass is 19.1. The molecule has 1 saturated heterocycles. The topological polar surface area (TPSA) is 78.9 Å². The van der Waals surface area contributed by atoms with E-state index in [1.54, 1.807) is 24.4 Å². The minimum atomic E-state index is -0.517. The van der Waals surface area contributed by atoms with E-state index in [4.69, 9.17) is 0 Å². The van der Waals surface area contributed by atoms with Crippen LogP contribution in [0, 0.1) is 5.82 Å². The van der Waals surface area contributed by atoms with E-state index in [1.807, 2.05) is 18.3 Å². The van der Waals surface area contributed by atoms with Crippen LogP contribution < -0.4 is 15.5 Å². The molecule has 0 amide bonds. The van der Waals surface area contributed by atoms with E-state index in [2.05, 4.69) is 35.5 Å². The van der Waals surface area contributed by atoms with Gasteiger partial charge in [-0.2, -0.15) is 0 Å². The fourth-order valence-electron chi connectivity index (χ4n) is 2.79. The van der Waals surface area contributed by atoms with Gasteiger partial charge in [0, 0.05) is 32.4 Å². The average Bonchev–Trinajstić information content (AvgIpc) is 2.71. The predicted octanol–water partition coefficient (Wildman–Crippen LogP) is 2.23. The number of anilines is 3. The predicted molar refractivity (Wildman–Crippen MR) is 97.8 cm³/mol. The summed E-state index contributed by atoms with van der Waals surface area (Å²) in [6, 6.07) is 9.13. The summed E-state index contributed by atoms with van der Waals surface area (Å²) in [6.45, 7) is 3.87. The van der Waals surface area contributed by atoms with Crippen molar-refractivity contribution in [2.45, 2.75) is 0 Å². The molecular formula is C18H18FN7. The molecule has 0 bridgehead atoms. The first-order valence-electron chi connectivity index (χ1n) is 8.42. The van der Waals surface area contributed by atoms with Gasteiger partial charge in [0.1, 0.15) is 11.5 Å². The van der Waals surface area contributed by atoms with E-state index in [-0.39, 0.29) is 11.6 Å². The Morgan fingerprint density at radius 3 is 2.62 bits per heavy atom. The van der Waals surface area contributed by atoms with Crippen LogP contribution in [-0.2, 0) is 0 Å². The van der Waals surface area contributed by atoms with E-state index in [0.29, 0.717) is 11.5 Å². The first kappa shape index (κ1) is 16.3. The lowest BCUT2D eigenvalue weighted by atomic mass is 10.2. The van der Waals surface area contributed by atoms with Crippen LogP contribution in [0.25, 0.3) is 11.4 Å². The molecule has 1 fully saturated rings. The molecule has 0 saturated carbocycles. The fourth-order valence-corrected chi connectivity index (χ4v) is 2.79. The quantitative estimate of drug-likeness (QED) is 0.746. The number of rotatable bonds is 4. The summed E-state index contributed by atoms with van der Waals surface area (Å²) < 4.78 is 14.0. The van der Waals surface area contributed by atoms with Gasteiger partial charge in [0.05, 0.1) is 23.8 Å². The molecule has 0 aliphatic carbocycles. The van der Waals surface area contributed by atoms with Crippen molar-refractivity contribution in [3.8, 4) is 11.4 Å². The second-order valence-electron chi connectivity index (χ2n) is 5.87. The molecule has 0 spiro atoms. The van der Waals surface area contributed by atoms with E-state index in [0.717, 1.165) is 38.1 Å². The van der Waals surface area contributed by atoms with Crippen molar-refractivity contribution in [1.82, 2.24) is 25.3 Å². The normalized spacial score (nSPS) is 14.3. The highest BCUT2D eigenvalue weighted by molar-refractivity contribution is 5.59. The molecule has 8 heteroatoms. The van der Waals surface area contributed by atoms with Gasteiger partial charge in [-0.3, -0.25) is 4.98 Å². The molecule has 0 unspecified atom stereocenters. The summed E-state index contributed by atoms with van der Waals surface area (Å²) in [5.74, 6) is 0.355. The van der Waals surface area contributed by atoms with Crippen molar-refractivity contribution in [1.29, 1.82) is 0 Å². The lowest BCUT2D eigenvalue weighted by molar-refractivity contribution is 0.589. The standard InChI is InChI=1S/C18H18FN7/c19-14-12-23-18(25-17(14)15-3-1-2-6-21-15)24-16-5-4-13(11-22-16)26-9-7-20-8-10-26/h1-6,11-12,20H,7-10H2,(H,22,23,24,25). The zero-order valence-electron chi connectivity index (χ0n) is 14.1. The molecular weight excluding hydrogens is 333 g/mol. The molecule has 3 aromatic rings. The van der Waals surface area contributed by atoms with Crippen LogP contribution in [0.3, 0.4) is 0 Å². The highest BCUT2D eigenvalue weighted by Gasteiger charge is 2.12. The van der Waals surface area contributed by atoms with Gasteiger partial charge in [-0.25, -0.2) is 19.3 Å². The van der Waals surface area contributed by atoms with Crippen LogP contribution in [0.4, 0.5) is 21.8 Å². The first-order valence-corrected chi connectivity index (χ1v) is 8.42. The van der Waals surface area contributed by atoms with Crippen LogP contribution >= 0.6 is 0 Å². The lowest BCUT2D eigenvalue weighted by Gasteiger charge is -2.29. The van der Waals surface area contributed by atoms with Crippen LogP contribution in [0.5, 0.6) is 0 Å². The lowest BCUT2D eigenvalue weighted by Crippen LogP contribution is -2.43. The smallest absolute Gasteiger partial charge is 0.229 e. The van der Waals surface area contributed by atoms with Crippen LogP contribution in [0.15, 0.2) is 48.9 Å². The molecule has 0 aromatic carbocycles. The van der Waals surface area contributed by atoms with Crippen molar-refractivity contribution in [2.75, 3.05) is 36.4 Å². The van der Waals surface area contributed by atoms with Crippen LogP contribution in [0.2, 0.25) is 0 Å². The van der Waals surface area contributed by atoms with E-state index in [9.17, 15) is 4.39 Å². The summed E-state index contributed by atoms with van der Waals surface area (Å²) in [7, 11) is 0. The Labute approximate surface area is 150 Å². The Morgan fingerprint density at radius 2 is 1.88 bits per heavy atom. The molecule has 26 heavy (non-hydrogen) atoms. The summed E-state index contributed by atoms with van der Waals surface area (Å²) in [5, 5.41) is 6.34. The zero-order valence-corrected chi connectivity index (χ0v) is 14.1. The number of pyridine rings is 2. The van der Waals surface area contributed by atoms with Gasteiger partial charge in [0.25, 0.3) is 0 Å². The molecule has 3 aromatic heterocycles. The van der Waals surface area contributed by atoms with Crippen LogP contribution in [-0.4, -0.2) is 46.1 Å². The van der Waals surface area contributed by atoms with Gasteiger partial charge < -0.3 is 15.5 Å². The molecule has 1 aliphatic rings. The Balaban J connectivity index is 1.52. The Hall–Kier alpha value is -3.13. The van der Waals surface area contributed by atoms with Gasteiger partial charge in [0.2, 0.25) is 5.95 Å². The number of halogens is 1. The summed E-state index contributed by atoms with van der Waals surface area (Å²) in [6.07, 6.45) is 4.55. The van der Waals surface area contributed by atoms with Crippen molar-refractivity contribution in [3.05, 3.63) is 54.7 Å². The van der Waals surface area contributed by atoms with Gasteiger partial charge >= 0.3 is 0 Å². The highest BCUT2D eigenvalue weighted by Crippen LogP contribution is 2.21. The number of aromatic nitrogens is 4. The first-order chi connectivity index (χ1) is 12.8. The van der Waals surface area contributed by atoms with Gasteiger partial charge in [-0.15, -0.1) is 0 Å². The molecule has 7 nitrogen and oxygen atoms in total. The zero-order chi connectivity index (χ0) is 17.8. The summed E-state index contributed by atoms with van der Waals surface area (Å²) >= 11 is 0. The van der Waals surface area contributed by atoms with E-state index >= 15 is 0 Å². The Morgan fingerprint density at radius 1 is 1.00 bits per heavy atom. The maximum atomic E-state index is 14.0. The van der Waals surface area contributed by atoms with Gasteiger partial charge in [0.15, 0.2) is 5.82 Å². The van der Waals surface area contributed by atoms with E-state index in [1.165, 1.54) is 0 Å². The van der Waals surface area contributed by atoms with Crippen molar-refractivity contribution in [3.63, 3.8) is 0 Å². The third-order valence-corrected chi connectivity index (χ3v) is 4.12. The third kappa shape index (κ3) is 3.60. The fraction of sp³-hybridized carbons (Fsp3) is 0.222. The summed E-state index contributed by atoms with van der Waals surface area (Å²) in [5.41, 5.74) is 1.68. The van der Waals surface area contributed by atoms with E-state index < -0.39 is 5.82 Å². The van der Waals surface area contributed by atoms with Gasteiger partial charge in [-0.05, 0) is 24.3 Å². The second kappa shape index (κ2) is 7.40. The summed E-state index contributed by atoms with van der Waals surface area (Å²) in [4.78, 5) is 19.0. The van der Waals surface area contributed by atoms with Crippen LogP contribution in [0.1, 0.15) is 0 Å². The molecule has 0 radical (unpaired) electrons. The Kier molecular flexibility index (Phi) is 4.65. The average molecular weight is 351 g/mol. The number of nitrogens with zero attached hydrogens (tertiary/aromatic N) is 5. The van der Waals surface area contributed by atoms with Gasteiger partial charge in [-0.1, -0.05) is 6.07 Å². The minimum Gasteiger partial charge on any atom is -0.368 e. The number of hydrogen-bond acceptors (Lipinski definition) is 7. The minimum absolute atomic E-state index is 0.153. The number of piperazine rings is 1. The molecule has 0 atom stereocenters. The molecule has 4 rings (SSSR count). The molecule has 132 valence electrons. The number of nitrogens with one attached hydrogen (secondary N) is 2. The molecule has 1 aliphatic heterocycles. The SMILES string of the molecule is Fc1cnc(Nc2ccc(N3CCNCC3)cn2)nc1-c1ccccn1. The monoisotopic (exact) mass is 351 g/mol. The maximum absolute atomic E-state index is 14.0. The molecule has 2 N–H and O–H groups in total. The second-order valence-corrected chi connectivity index (χ2v) is 5.87. The van der Waals surface area contributed by atoms with Crippen molar-refractivity contribution >= 4 is 17.5 Å². The largest absolute Gasteiger partial charge is 0.368 e. The molecule has 4 heterocycles. The third-order valence-electron chi connectivity index (χ3n) is 4.12. The van der Waals surface area contributed by atoms with Crippen molar-refractivity contribution in [2.24, 2.45) is 0 Å². The number of hydrogen-bond donors (Lipinski definition) is 2.